The van der Waals surface area contributed by atoms with Crippen molar-refractivity contribution in [2.75, 3.05) is 29.4 Å². The molecule has 2 aromatic rings. The number of benzene rings is 2. The van der Waals surface area contributed by atoms with Crippen LogP contribution in [0.1, 0.15) is 0 Å². The number of carbonyl (C=O) groups excluding carboxylic acids is 1. The molecule has 136 valence electrons. The fraction of sp³-hybridized carbons (Fsp3) is 0.176. The van der Waals surface area contributed by atoms with Crippen molar-refractivity contribution in [3.8, 4) is 5.75 Å². The largest absolute Gasteiger partial charge is 0.497 e. The van der Waals surface area contributed by atoms with Gasteiger partial charge in [-0.25, -0.2) is 8.42 Å². The minimum absolute atomic E-state index is 0.00703. The molecule has 0 bridgehead atoms. The summed E-state index contributed by atoms with van der Waals surface area (Å²) in [6.07, 6.45) is 0. The molecule has 1 amide bonds. The first-order chi connectivity index (χ1) is 12.3. The summed E-state index contributed by atoms with van der Waals surface area (Å²) in [5, 5.41) is 9.02. The molecule has 3 rings (SSSR count). The number of methoxy groups -OCH3 is 1. The Balaban J connectivity index is 2.06. The number of amides is 1. The van der Waals surface area contributed by atoms with Gasteiger partial charge in [-0.15, -0.1) is 0 Å². The number of ether oxygens (including phenoxy) is 1. The molecule has 1 N–H and O–H groups in total. The predicted molar refractivity (Wildman–Crippen MR) is 94.0 cm³/mol. The Bertz CT molecular complexity index is 955. The van der Waals surface area contributed by atoms with Crippen LogP contribution in [0.4, 0.5) is 11.4 Å². The van der Waals surface area contributed by atoms with E-state index in [1.807, 2.05) is 0 Å². The molecule has 0 fully saturated rings. The van der Waals surface area contributed by atoms with E-state index < -0.39 is 35.0 Å². The Morgan fingerprint density at radius 2 is 1.73 bits per heavy atom. The van der Waals surface area contributed by atoms with Crippen LogP contribution in [0.15, 0.2) is 53.4 Å². The zero-order valence-corrected chi connectivity index (χ0v) is 14.6. The van der Waals surface area contributed by atoms with E-state index in [2.05, 4.69) is 0 Å². The molecule has 1 aliphatic rings. The number of sulfonamides is 1. The lowest BCUT2D eigenvalue weighted by molar-refractivity contribution is -0.136. The summed E-state index contributed by atoms with van der Waals surface area (Å²) >= 11 is 0. The van der Waals surface area contributed by atoms with Gasteiger partial charge in [0.15, 0.2) is 0 Å². The van der Waals surface area contributed by atoms with E-state index in [-0.39, 0.29) is 16.3 Å². The van der Waals surface area contributed by atoms with Crippen LogP contribution in [0.25, 0.3) is 0 Å². The summed E-state index contributed by atoms with van der Waals surface area (Å²) in [5.74, 6) is -1.28. The van der Waals surface area contributed by atoms with E-state index in [9.17, 15) is 18.0 Å². The summed E-state index contributed by atoms with van der Waals surface area (Å²) in [4.78, 5) is 24.5. The normalized spacial score (nSPS) is 14.1. The molecular formula is C17H16N2O6S. The average molecular weight is 376 g/mol. The number of nitrogens with zero attached hydrogens (tertiary/aromatic N) is 2. The predicted octanol–water partition coefficient (Wildman–Crippen LogP) is 1.32. The van der Waals surface area contributed by atoms with Crippen molar-refractivity contribution in [3.63, 3.8) is 0 Å². The van der Waals surface area contributed by atoms with Gasteiger partial charge in [-0.3, -0.25) is 18.8 Å². The highest BCUT2D eigenvalue weighted by Gasteiger charge is 2.37. The van der Waals surface area contributed by atoms with Crippen molar-refractivity contribution in [2.24, 2.45) is 0 Å². The summed E-state index contributed by atoms with van der Waals surface area (Å²) < 4.78 is 32.1. The van der Waals surface area contributed by atoms with E-state index >= 15 is 0 Å². The van der Waals surface area contributed by atoms with Crippen molar-refractivity contribution in [2.45, 2.75) is 4.90 Å². The number of hydrogen-bond donors (Lipinski definition) is 1. The number of fused-ring (bicyclic) bond motifs is 1. The molecule has 9 heteroatoms. The second kappa shape index (κ2) is 6.68. The zero-order chi connectivity index (χ0) is 18.9. The van der Waals surface area contributed by atoms with Crippen molar-refractivity contribution in [1.29, 1.82) is 0 Å². The molecule has 8 nitrogen and oxygen atoms in total. The molecule has 0 spiro atoms. The summed E-state index contributed by atoms with van der Waals surface area (Å²) in [7, 11) is -2.53. The molecule has 1 heterocycles. The Labute approximate surface area is 150 Å². The third kappa shape index (κ3) is 3.08. The van der Waals surface area contributed by atoms with Gasteiger partial charge < -0.3 is 9.84 Å². The monoisotopic (exact) mass is 376 g/mol. The van der Waals surface area contributed by atoms with Crippen LogP contribution >= 0.6 is 0 Å². The smallest absolute Gasteiger partial charge is 0.323 e. The lowest BCUT2D eigenvalue weighted by Gasteiger charge is -2.35. The Morgan fingerprint density at radius 1 is 1.12 bits per heavy atom. The molecule has 2 aromatic carbocycles. The van der Waals surface area contributed by atoms with Crippen molar-refractivity contribution < 1.29 is 27.9 Å². The Kier molecular flexibility index (Phi) is 4.56. The maximum atomic E-state index is 13.0. The maximum Gasteiger partial charge on any atom is 0.323 e. The van der Waals surface area contributed by atoms with Gasteiger partial charge in [-0.1, -0.05) is 12.1 Å². The van der Waals surface area contributed by atoms with Crippen molar-refractivity contribution in [1.82, 2.24) is 0 Å². The van der Waals surface area contributed by atoms with E-state index in [0.29, 0.717) is 5.75 Å². The van der Waals surface area contributed by atoms with E-state index in [0.717, 1.165) is 9.21 Å². The Morgan fingerprint density at radius 3 is 2.31 bits per heavy atom. The van der Waals surface area contributed by atoms with Crippen LogP contribution in [0, 0.1) is 0 Å². The van der Waals surface area contributed by atoms with Crippen molar-refractivity contribution >= 4 is 33.3 Å². The van der Waals surface area contributed by atoms with Gasteiger partial charge in [0.2, 0.25) is 5.91 Å². The first kappa shape index (κ1) is 17.7. The third-order valence-corrected chi connectivity index (χ3v) is 5.74. The number of rotatable bonds is 5. The lowest BCUT2D eigenvalue weighted by Crippen LogP contribution is -2.49. The van der Waals surface area contributed by atoms with E-state index in [1.165, 1.54) is 43.5 Å². The van der Waals surface area contributed by atoms with Crippen LogP contribution in [0.5, 0.6) is 5.75 Å². The molecule has 1 aliphatic heterocycles. The third-order valence-electron chi connectivity index (χ3n) is 3.96. The molecule has 0 radical (unpaired) electrons. The quantitative estimate of drug-likeness (QED) is 0.844. The number of aliphatic carboxylic acids is 1. The first-order valence-corrected chi connectivity index (χ1v) is 9.06. The maximum absolute atomic E-state index is 13.0. The lowest BCUT2D eigenvalue weighted by atomic mass is 10.2. The van der Waals surface area contributed by atoms with Gasteiger partial charge in [0.05, 0.1) is 23.4 Å². The van der Waals surface area contributed by atoms with Gasteiger partial charge in [0.1, 0.15) is 18.8 Å². The highest BCUT2D eigenvalue weighted by molar-refractivity contribution is 7.92. The molecule has 0 unspecified atom stereocenters. The topological polar surface area (TPSA) is 104 Å². The summed E-state index contributed by atoms with van der Waals surface area (Å²) in [5.41, 5.74) is 0.493. The van der Waals surface area contributed by atoms with Crippen LogP contribution in [-0.4, -0.2) is 45.6 Å². The summed E-state index contributed by atoms with van der Waals surface area (Å²) in [6.45, 7) is -1.01. The molecule has 0 aliphatic carbocycles. The number of carboxylic acids is 1. The number of carboxylic acid groups (broad SMARTS) is 1. The second-order valence-corrected chi connectivity index (χ2v) is 7.41. The first-order valence-electron chi connectivity index (χ1n) is 7.62. The van der Waals surface area contributed by atoms with Gasteiger partial charge in [0.25, 0.3) is 10.0 Å². The fourth-order valence-corrected chi connectivity index (χ4v) is 4.16. The highest BCUT2D eigenvalue weighted by Crippen LogP contribution is 2.36. The second-order valence-electron chi connectivity index (χ2n) is 5.55. The number of carbonyl (C=O) groups is 2. The van der Waals surface area contributed by atoms with Crippen molar-refractivity contribution in [3.05, 3.63) is 48.5 Å². The number of para-hydroxylation sites is 2. The molecule has 0 saturated carbocycles. The van der Waals surface area contributed by atoms with Gasteiger partial charge in [-0.05, 0) is 36.4 Å². The van der Waals surface area contributed by atoms with Crippen LogP contribution in [-0.2, 0) is 19.6 Å². The average Bonchev–Trinajstić information content (AvgIpc) is 2.63. The van der Waals surface area contributed by atoms with Crippen LogP contribution in [0.2, 0.25) is 0 Å². The molecular weight excluding hydrogens is 360 g/mol. The van der Waals surface area contributed by atoms with Gasteiger partial charge in [0, 0.05) is 0 Å². The minimum atomic E-state index is -4.00. The van der Waals surface area contributed by atoms with E-state index in [4.69, 9.17) is 9.84 Å². The summed E-state index contributed by atoms with van der Waals surface area (Å²) in [6, 6.07) is 12.1. The van der Waals surface area contributed by atoms with Crippen LogP contribution in [0.3, 0.4) is 0 Å². The molecule has 0 aromatic heterocycles. The number of hydrogen-bond acceptors (Lipinski definition) is 5. The van der Waals surface area contributed by atoms with Gasteiger partial charge in [-0.2, -0.15) is 0 Å². The number of anilines is 2. The standard InChI is InChI=1S/C17H16N2O6S/c1-25-12-6-8-13(9-7-12)26(23,24)19-10-16(20)18(11-17(21)22)14-4-2-3-5-15(14)19/h2-9H,10-11H2,1H3,(H,21,22). The fourth-order valence-electron chi connectivity index (χ4n) is 2.73. The molecule has 0 saturated heterocycles. The van der Waals surface area contributed by atoms with Crippen LogP contribution < -0.4 is 13.9 Å². The molecule has 26 heavy (non-hydrogen) atoms. The zero-order valence-electron chi connectivity index (χ0n) is 13.8. The Hall–Kier alpha value is -3.07. The SMILES string of the molecule is COc1ccc(S(=O)(=O)N2CC(=O)N(CC(=O)O)c3ccccc32)cc1. The minimum Gasteiger partial charge on any atom is -0.497 e. The van der Waals surface area contributed by atoms with E-state index in [1.54, 1.807) is 12.1 Å². The highest BCUT2D eigenvalue weighted by atomic mass is 32.2. The molecule has 0 atom stereocenters. The van der Waals surface area contributed by atoms with Gasteiger partial charge >= 0.3 is 5.97 Å².